The Morgan fingerprint density at radius 3 is 0.961 bits per heavy atom. The van der Waals surface area contributed by atoms with Crippen molar-refractivity contribution in [2.24, 2.45) is 47.3 Å². The van der Waals surface area contributed by atoms with Crippen LogP contribution >= 0.6 is 0 Å². The highest BCUT2D eigenvalue weighted by atomic mass is 15.0. The lowest BCUT2D eigenvalue weighted by Crippen LogP contribution is -2.55. The molecule has 0 saturated heterocycles. The normalized spacial score (nSPS) is 21.8. The number of hydrogen-bond acceptors (Lipinski definition) is 0. The first-order valence-electron chi connectivity index (χ1n) is 47.2. The van der Waals surface area contributed by atoms with Gasteiger partial charge in [-0.2, -0.15) is 0 Å². The van der Waals surface area contributed by atoms with E-state index in [0.717, 1.165) is 47.3 Å². The maximum Gasteiger partial charge on any atom is 0.0541 e. The van der Waals surface area contributed by atoms with E-state index in [-0.39, 0.29) is 10.8 Å². The summed E-state index contributed by atoms with van der Waals surface area (Å²) in [4.78, 5) is 0. The molecule has 8 saturated carbocycles. The monoisotopic (exact) mass is 1640 g/mol. The molecule has 4 heteroatoms. The molecule has 0 aliphatic heterocycles. The van der Waals surface area contributed by atoms with Crippen LogP contribution in [0.25, 0.3) is 198 Å². The Labute approximate surface area is 744 Å². The third-order valence-corrected chi connectivity index (χ3v) is 33.4. The van der Waals surface area contributed by atoms with Crippen LogP contribution in [0.15, 0.2) is 388 Å². The van der Waals surface area contributed by atoms with Gasteiger partial charge in [-0.1, -0.05) is 273 Å². The average molecular weight is 1640 g/mol. The lowest BCUT2D eigenvalue weighted by atomic mass is 9.43. The van der Waals surface area contributed by atoms with Crippen LogP contribution in [-0.2, 0) is 10.8 Å². The second-order valence-electron chi connectivity index (χ2n) is 39.4. The summed E-state index contributed by atoms with van der Waals surface area (Å²) in [6, 6.07) is 147. The summed E-state index contributed by atoms with van der Waals surface area (Å²) in [7, 11) is 0. The fraction of sp³-hybridized carbons (Fsp3) is 0.161. The minimum atomic E-state index is 0.141. The van der Waals surface area contributed by atoms with E-state index in [0.29, 0.717) is 0 Å². The number of para-hydroxylation sites is 4. The van der Waals surface area contributed by atoms with Crippen molar-refractivity contribution < 1.29 is 0 Å². The topological polar surface area (TPSA) is 19.7 Å². The molecule has 0 unspecified atom stereocenters. The van der Waals surface area contributed by atoms with E-state index in [2.05, 4.69) is 407 Å². The molecule has 128 heavy (non-hydrogen) atoms. The molecule has 10 aliphatic carbocycles. The zero-order valence-corrected chi connectivity index (χ0v) is 71.4. The van der Waals surface area contributed by atoms with Crippen molar-refractivity contribution in [3.63, 3.8) is 0 Å². The molecular formula is C124H92N4. The molecule has 22 aromatic rings. The Balaban J connectivity index is 0.000000127. The maximum atomic E-state index is 2.64. The number of aromatic nitrogens is 4. The molecule has 0 atom stereocenters. The summed E-state index contributed by atoms with van der Waals surface area (Å²) in [5, 5.41) is 15.3. The zero-order valence-electron chi connectivity index (χ0n) is 71.4. The van der Waals surface area contributed by atoms with Gasteiger partial charge in [-0.15, -0.1) is 0 Å². The van der Waals surface area contributed by atoms with Crippen molar-refractivity contribution >= 4 is 109 Å². The van der Waals surface area contributed by atoms with Gasteiger partial charge >= 0.3 is 0 Å². The van der Waals surface area contributed by atoms with Crippen molar-refractivity contribution in [2.75, 3.05) is 0 Å². The van der Waals surface area contributed by atoms with Crippen molar-refractivity contribution in [2.45, 2.75) is 75.0 Å². The highest BCUT2D eigenvalue weighted by molar-refractivity contribution is 6.16. The van der Waals surface area contributed by atoms with Gasteiger partial charge in [0.25, 0.3) is 0 Å². The first kappa shape index (κ1) is 71.9. The van der Waals surface area contributed by atoms with E-state index in [1.807, 2.05) is 0 Å². The lowest BCUT2D eigenvalue weighted by Gasteiger charge is -2.61. The van der Waals surface area contributed by atoms with Crippen LogP contribution < -0.4 is 0 Å². The fourth-order valence-electron chi connectivity index (χ4n) is 28.9. The molecule has 4 aromatic heterocycles. The Morgan fingerprint density at radius 2 is 0.492 bits per heavy atom. The maximum absolute atomic E-state index is 2.64. The summed E-state index contributed by atoms with van der Waals surface area (Å²) >= 11 is 0. The lowest BCUT2D eigenvalue weighted by molar-refractivity contribution is -0.0399. The van der Waals surface area contributed by atoms with E-state index < -0.39 is 0 Å². The molecule has 4 heterocycles. The molecule has 4 nitrogen and oxygen atoms in total. The fourth-order valence-corrected chi connectivity index (χ4v) is 28.9. The highest BCUT2D eigenvalue weighted by Crippen LogP contribution is 2.72. The summed E-state index contributed by atoms with van der Waals surface area (Å²) in [5.74, 6) is 6.68. The summed E-state index contributed by atoms with van der Waals surface area (Å²) in [6.45, 7) is 0. The van der Waals surface area contributed by atoms with Gasteiger partial charge in [0.1, 0.15) is 0 Å². The molecule has 0 radical (unpaired) electrons. The molecule has 32 rings (SSSR count). The third-order valence-electron chi connectivity index (χ3n) is 33.4. The van der Waals surface area contributed by atoms with Crippen LogP contribution in [0.3, 0.4) is 0 Å². The minimum Gasteiger partial charge on any atom is -0.309 e. The molecule has 8 fully saturated rings. The SMILES string of the molecule is c1cc(-c2cccc3ccccc23)cc(-n2c3ccccc3c3cc(-c4ccc5c(c4)c4ccccc4n5-c4ccc5c(c4)C4(c6ccccc6-5)C5CC6CC(C5)CC4C6)ccc32)c1.c1ccc(-c2ccc(-n3c4ccccc4c4cc(-c5ccc6c(c5)c5ccccc5n6-c5ccc6c(c5)C5(c7ccccc7-6)C6CC7CC(C6)CC5C7)ccc43)c3ccccc23)cc1. The average Bonchev–Trinajstić information content (AvgIpc) is 1.52. The van der Waals surface area contributed by atoms with Gasteiger partial charge in [-0.25, -0.2) is 0 Å². The Hall–Kier alpha value is -14.3. The van der Waals surface area contributed by atoms with E-state index in [9.17, 15) is 0 Å². The van der Waals surface area contributed by atoms with Crippen molar-refractivity contribution in [1.29, 1.82) is 0 Å². The predicted molar refractivity (Wildman–Crippen MR) is 534 cm³/mol. The largest absolute Gasteiger partial charge is 0.309 e. The highest BCUT2D eigenvalue weighted by Gasteiger charge is 2.63. The van der Waals surface area contributed by atoms with Crippen LogP contribution in [0.5, 0.6) is 0 Å². The molecule has 2 spiro atoms. The predicted octanol–water partition coefficient (Wildman–Crippen LogP) is 32.2. The Morgan fingerprint density at radius 1 is 0.172 bits per heavy atom. The van der Waals surface area contributed by atoms with Crippen LogP contribution in [0.1, 0.15) is 86.5 Å². The molecule has 0 N–H and O–H groups in total. The van der Waals surface area contributed by atoms with Crippen LogP contribution in [0, 0.1) is 47.3 Å². The van der Waals surface area contributed by atoms with Gasteiger partial charge in [0, 0.05) is 76.4 Å². The summed E-state index contributed by atoms with van der Waals surface area (Å²) in [5.41, 5.74) is 37.5. The number of rotatable bonds is 8. The molecule has 10 aliphatic rings. The third kappa shape index (κ3) is 10.1. The second-order valence-corrected chi connectivity index (χ2v) is 39.4. The molecule has 0 amide bonds. The van der Waals surface area contributed by atoms with Crippen LogP contribution in [0.4, 0.5) is 0 Å². The Bertz CT molecular complexity index is 8440. The number of hydrogen-bond donors (Lipinski definition) is 0. The van der Waals surface area contributed by atoms with Gasteiger partial charge < -0.3 is 18.3 Å². The van der Waals surface area contributed by atoms with Gasteiger partial charge in [-0.3, -0.25) is 0 Å². The molecular weight excluding hydrogens is 1550 g/mol. The minimum absolute atomic E-state index is 0.141. The van der Waals surface area contributed by atoms with Crippen molar-refractivity contribution in [3.8, 4) is 89.5 Å². The molecule has 8 bridgehead atoms. The second kappa shape index (κ2) is 27.1. The van der Waals surface area contributed by atoms with Crippen LogP contribution in [-0.4, -0.2) is 18.3 Å². The number of fused-ring (bicyclic) bond motifs is 20. The summed E-state index contributed by atoms with van der Waals surface area (Å²) < 4.78 is 10.0. The molecule has 18 aromatic carbocycles. The van der Waals surface area contributed by atoms with Gasteiger partial charge in [0.2, 0.25) is 0 Å². The quantitative estimate of drug-likeness (QED) is 0.144. The van der Waals surface area contributed by atoms with Gasteiger partial charge in [0.05, 0.1) is 49.8 Å². The zero-order chi connectivity index (χ0) is 83.3. The number of nitrogens with zero attached hydrogens (tertiary/aromatic N) is 4. The smallest absolute Gasteiger partial charge is 0.0541 e. The van der Waals surface area contributed by atoms with Crippen molar-refractivity contribution in [3.05, 3.63) is 411 Å². The number of benzene rings is 18. The summed E-state index contributed by atoms with van der Waals surface area (Å²) in [6.07, 6.45) is 14.1. The Kier molecular flexibility index (Phi) is 15.2. The first-order chi connectivity index (χ1) is 63.4. The van der Waals surface area contributed by atoms with E-state index in [1.165, 1.54) is 262 Å². The van der Waals surface area contributed by atoms with Gasteiger partial charge in [-0.05, 0) is 332 Å². The van der Waals surface area contributed by atoms with E-state index in [4.69, 9.17) is 0 Å². The van der Waals surface area contributed by atoms with E-state index in [1.54, 1.807) is 22.3 Å². The van der Waals surface area contributed by atoms with Crippen molar-refractivity contribution in [1.82, 2.24) is 18.3 Å². The van der Waals surface area contributed by atoms with E-state index >= 15 is 0 Å². The van der Waals surface area contributed by atoms with Crippen LogP contribution in [0.2, 0.25) is 0 Å². The first-order valence-corrected chi connectivity index (χ1v) is 47.2. The van der Waals surface area contributed by atoms with Gasteiger partial charge in [0.15, 0.2) is 0 Å². The standard InChI is InChI=1S/2C62H46N2/c1-2-15-48-40(11-1)12-10-19-49(48)43-13-9-14-46(34-43)63-58-21-7-4-17-52(58)54-35-41(23-27-60(54)63)42-24-28-61-55(36-42)53-18-5-8-22-59(53)64(61)47-25-26-51-50-16-3-6-20-56(50)62(57(51)37-47)44-30-38-29-39(32-44)33-45(62)31-38;1-2-12-40(13-3-1)46-26-29-59(50-16-5-4-14-47(46)50)64-58-21-11-8-18-52(58)54-36-42(23-28-61(54)64)41-22-27-60-53(35-41)51-17-7-10-20-57(51)63(60)45-24-25-49-48-15-6-9-19-55(48)62(56(49)37-45)43-31-38-30-39(33-43)34-44(62)32-38/h1-28,34-39,44-45H,29-33H2;1-29,35-39,43-44H,30-34H2. The molecule has 608 valence electrons.